The Bertz CT molecular complexity index is 679. The Morgan fingerprint density at radius 2 is 2.04 bits per heavy atom. The summed E-state index contributed by atoms with van der Waals surface area (Å²) in [5, 5.41) is 7.69. The Labute approximate surface area is 146 Å². The summed E-state index contributed by atoms with van der Waals surface area (Å²) in [5.41, 5.74) is 1.83. The van der Waals surface area contributed by atoms with Crippen molar-refractivity contribution in [3.8, 4) is 0 Å². The summed E-state index contributed by atoms with van der Waals surface area (Å²) in [6.45, 7) is 6.44. The highest BCUT2D eigenvalue weighted by Gasteiger charge is 2.28. The molecule has 4 rings (SSSR count). The van der Waals surface area contributed by atoms with Crippen LogP contribution in [0.5, 0.6) is 0 Å². The molecule has 2 aliphatic heterocycles. The molecule has 1 amide bonds. The number of piperazine rings is 1. The Hall–Kier alpha value is -1.73. The number of nitrogens with zero attached hydrogens (tertiary/aromatic N) is 5. The number of carbonyl (C=O) groups is 1. The standard InChI is InChI=1S/C17H23N5OS/c1-13(16-18-5-11-24-16)20-7-9-21(10-8-20)17(23)15-12-14-4-2-3-6-22(14)19-15/h5,11-13H,2-4,6-10H2,1H3. The number of aryl methyl sites for hydroxylation is 2. The fraction of sp³-hybridized carbons (Fsp3) is 0.588. The smallest absolute Gasteiger partial charge is 0.274 e. The van der Waals surface area contributed by atoms with Crippen LogP contribution in [0.4, 0.5) is 0 Å². The largest absolute Gasteiger partial charge is 0.335 e. The minimum atomic E-state index is 0.0819. The normalized spacial score (nSPS) is 20.0. The number of aromatic nitrogens is 3. The van der Waals surface area contributed by atoms with Gasteiger partial charge in [0, 0.05) is 50.0 Å². The first-order valence-electron chi connectivity index (χ1n) is 8.72. The van der Waals surface area contributed by atoms with E-state index in [1.807, 2.05) is 27.2 Å². The predicted molar refractivity (Wildman–Crippen MR) is 93.2 cm³/mol. The van der Waals surface area contributed by atoms with Gasteiger partial charge >= 0.3 is 0 Å². The van der Waals surface area contributed by atoms with Gasteiger partial charge in [0.15, 0.2) is 5.69 Å². The second-order valence-electron chi connectivity index (χ2n) is 6.58. The third-order valence-corrected chi connectivity index (χ3v) is 6.04. The van der Waals surface area contributed by atoms with Gasteiger partial charge in [0.05, 0.1) is 6.04 Å². The molecular weight excluding hydrogens is 322 g/mol. The van der Waals surface area contributed by atoms with Gasteiger partial charge in [-0.1, -0.05) is 0 Å². The Morgan fingerprint density at radius 3 is 2.75 bits per heavy atom. The van der Waals surface area contributed by atoms with Crippen molar-refractivity contribution in [2.75, 3.05) is 26.2 Å². The summed E-state index contributed by atoms with van der Waals surface area (Å²) < 4.78 is 2.01. The lowest BCUT2D eigenvalue weighted by Gasteiger charge is -2.37. The molecule has 7 heteroatoms. The molecule has 1 atom stereocenters. The molecule has 0 aliphatic carbocycles. The zero-order chi connectivity index (χ0) is 16.5. The van der Waals surface area contributed by atoms with E-state index >= 15 is 0 Å². The van der Waals surface area contributed by atoms with Crippen molar-refractivity contribution in [2.45, 2.75) is 38.8 Å². The van der Waals surface area contributed by atoms with Gasteiger partial charge in [-0.2, -0.15) is 5.10 Å². The third kappa shape index (κ3) is 2.98. The second kappa shape index (κ2) is 6.64. The molecule has 128 valence electrons. The Morgan fingerprint density at radius 1 is 1.21 bits per heavy atom. The lowest BCUT2D eigenvalue weighted by atomic mass is 10.1. The van der Waals surface area contributed by atoms with Crippen LogP contribution in [0.3, 0.4) is 0 Å². The second-order valence-corrected chi connectivity index (χ2v) is 7.50. The third-order valence-electron chi connectivity index (χ3n) is 5.09. The number of thiazole rings is 1. The molecule has 24 heavy (non-hydrogen) atoms. The highest BCUT2D eigenvalue weighted by atomic mass is 32.1. The van der Waals surface area contributed by atoms with Crippen LogP contribution in [0.25, 0.3) is 0 Å². The van der Waals surface area contributed by atoms with Crippen molar-refractivity contribution in [1.29, 1.82) is 0 Å². The van der Waals surface area contributed by atoms with Crippen molar-refractivity contribution >= 4 is 17.2 Å². The number of fused-ring (bicyclic) bond motifs is 1. The molecule has 0 bridgehead atoms. The van der Waals surface area contributed by atoms with Crippen LogP contribution >= 0.6 is 11.3 Å². The average Bonchev–Trinajstić information content (AvgIpc) is 3.30. The molecule has 0 radical (unpaired) electrons. The molecule has 0 aromatic carbocycles. The number of rotatable bonds is 3. The maximum Gasteiger partial charge on any atom is 0.274 e. The van der Waals surface area contributed by atoms with E-state index in [0.717, 1.165) is 50.6 Å². The monoisotopic (exact) mass is 345 g/mol. The van der Waals surface area contributed by atoms with E-state index in [0.29, 0.717) is 11.7 Å². The average molecular weight is 345 g/mol. The van der Waals surface area contributed by atoms with Crippen molar-refractivity contribution in [3.63, 3.8) is 0 Å². The van der Waals surface area contributed by atoms with Gasteiger partial charge in [0.25, 0.3) is 5.91 Å². The number of hydrogen-bond acceptors (Lipinski definition) is 5. The molecule has 2 aliphatic rings. The summed E-state index contributed by atoms with van der Waals surface area (Å²) in [4.78, 5) is 21.5. The van der Waals surface area contributed by atoms with Crippen molar-refractivity contribution in [3.05, 3.63) is 34.0 Å². The fourth-order valence-electron chi connectivity index (χ4n) is 3.59. The Kier molecular flexibility index (Phi) is 4.37. The highest BCUT2D eigenvalue weighted by Crippen LogP contribution is 2.24. The predicted octanol–water partition coefficient (Wildman–Crippen LogP) is 2.19. The first-order chi connectivity index (χ1) is 11.7. The molecule has 2 aromatic rings. The summed E-state index contributed by atoms with van der Waals surface area (Å²) >= 11 is 1.70. The molecule has 1 fully saturated rings. The first kappa shape index (κ1) is 15.8. The minimum Gasteiger partial charge on any atom is -0.335 e. The maximum atomic E-state index is 12.7. The first-order valence-corrected chi connectivity index (χ1v) is 9.60. The molecule has 1 unspecified atom stereocenters. The summed E-state index contributed by atoms with van der Waals surface area (Å²) in [5.74, 6) is 0.0819. The van der Waals surface area contributed by atoms with E-state index in [9.17, 15) is 4.79 Å². The molecule has 1 saturated heterocycles. The molecule has 0 spiro atoms. The molecule has 2 aromatic heterocycles. The van der Waals surface area contributed by atoms with E-state index in [4.69, 9.17) is 0 Å². The minimum absolute atomic E-state index is 0.0819. The molecule has 4 heterocycles. The van der Waals surface area contributed by atoms with E-state index < -0.39 is 0 Å². The lowest BCUT2D eigenvalue weighted by molar-refractivity contribution is 0.0575. The quantitative estimate of drug-likeness (QED) is 0.856. The van der Waals surface area contributed by atoms with Gasteiger partial charge in [-0.3, -0.25) is 14.4 Å². The fourth-order valence-corrected chi connectivity index (χ4v) is 4.32. The van der Waals surface area contributed by atoms with Crippen molar-refractivity contribution < 1.29 is 4.79 Å². The van der Waals surface area contributed by atoms with Gasteiger partial charge in [-0.15, -0.1) is 11.3 Å². The van der Waals surface area contributed by atoms with Crippen LogP contribution in [0.15, 0.2) is 17.6 Å². The molecule has 0 N–H and O–H groups in total. The lowest BCUT2D eigenvalue weighted by Crippen LogP contribution is -2.49. The molecule has 6 nitrogen and oxygen atoms in total. The summed E-state index contributed by atoms with van der Waals surface area (Å²) in [7, 11) is 0. The summed E-state index contributed by atoms with van der Waals surface area (Å²) in [6, 6.07) is 2.31. The summed E-state index contributed by atoms with van der Waals surface area (Å²) in [6.07, 6.45) is 5.26. The van der Waals surface area contributed by atoms with E-state index in [2.05, 4.69) is 21.9 Å². The number of hydrogen-bond donors (Lipinski definition) is 0. The van der Waals surface area contributed by atoms with Gasteiger partial charge < -0.3 is 4.90 Å². The number of amides is 1. The van der Waals surface area contributed by atoms with Crippen LogP contribution in [-0.2, 0) is 13.0 Å². The van der Waals surface area contributed by atoms with Crippen LogP contribution < -0.4 is 0 Å². The zero-order valence-electron chi connectivity index (χ0n) is 14.0. The van der Waals surface area contributed by atoms with Crippen molar-refractivity contribution in [1.82, 2.24) is 24.6 Å². The van der Waals surface area contributed by atoms with Crippen LogP contribution in [0.1, 0.15) is 47.0 Å². The van der Waals surface area contributed by atoms with E-state index in [-0.39, 0.29) is 5.91 Å². The van der Waals surface area contributed by atoms with E-state index in [1.54, 1.807) is 11.3 Å². The van der Waals surface area contributed by atoms with Gasteiger partial charge in [0.1, 0.15) is 5.01 Å². The Balaban J connectivity index is 1.38. The highest BCUT2D eigenvalue weighted by molar-refractivity contribution is 7.09. The number of carbonyl (C=O) groups excluding carboxylic acids is 1. The van der Waals surface area contributed by atoms with Gasteiger partial charge in [-0.05, 0) is 32.3 Å². The van der Waals surface area contributed by atoms with Gasteiger partial charge in [0.2, 0.25) is 0 Å². The zero-order valence-corrected chi connectivity index (χ0v) is 14.8. The van der Waals surface area contributed by atoms with Crippen LogP contribution in [-0.4, -0.2) is 56.7 Å². The van der Waals surface area contributed by atoms with Gasteiger partial charge in [-0.25, -0.2) is 4.98 Å². The van der Waals surface area contributed by atoms with E-state index in [1.165, 1.54) is 12.1 Å². The molecule has 0 saturated carbocycles. The molecular formula is C17H23N5OS. The topological polar surface area (TPSA) is 54.3 Å². The van der Waals surface area contributed by atoms with Crippen LogP contribution in [0.2, 0.25) is 0 Å². The maximum absolute atomic E-state index is 12.7. The van der Waals surface area contributed by atoms with Crippen LogP contribution in [0, 0.1) is 0 Å². The SMILES string of the molecule is CC(c1nccs1)N1CCN(C(=O)c2cc3n(n2)CCCC3)CC1. The van der Waals surface area contributed by atoms with Crippen molar-refractivity contribution in [2.24, 2.45) is 0 Å².